The van der Waals surface area contributed by atoms with Crippen LogP contribution in [0.25, 0.3) is 0 Å². The summed E-state index contributed by atoms with van der Waals surface area (Å²) >= 11 is 0. The summed E-state index contributed by atoms with van der Waals surface area (Å²) in [5.74, 6) is 0.564. The van der Waals surface area contributed by atoms with Crippen molar-refractivity contribution in [1.29, 1.82) is 0 Å². The fourth-order valence-corrected chi connectivity index (χ4v) is 3.25. The molecule has 0 N–H and O–H groups in total. The molecule has 0 aliphatic heterocycles. The predicted molar refractivity (Wildman–Crippen MR) is 94.4 cm³/mol. The molecule has 23 heavy (non-hydrogen) atoms. The number of carbonyl (C=O) groups is 2. The molecule has 1 fully saturated rings. The van der Waals surface area contributed by atoms with Gasteiger partial charge in [0, 0.05) is 12.8 Å². The van der Waals surface area contributed by atoms with Crippen LogP contribution in [0.4, 0.5) is 0 Å². The number of ether oxygens (including phenoxy) is 1. The van der Waals surface area contributed by atoms with Crippen LogP contribution in [-0.2, 0) is 14.3 Å². The van der Waals surface area contributed by atoms with Crippen LogP contribution < -0.4 is 0 Å². The fourth-order valence-electron chi connectivity index (χ4n) is 3.25. The summed E-state index contributed by atoms with van der Waals surface area (Å²) in [5, 5.41) is 0. The van der Waals surface area contributed by atoms with E-state index in [1.54, 1.807) is 0 Å². The van der Waals surface area contributed by atoms with Gasteiger partial charge in [-0.25, -0.2) is 0 Å². The van der Waals surface area contributed by atoms with E-state index < -0.39 is 0 Å². The molecule has 0 heterocycles. The zero-order chi connectivity index (χ0) is 16.8. The molecule has 1 atom stereocenters. The summed E-state index contributed by atoms with van der Waals surface area (Å²) in [7, 11) is 0. The minimum atomic E-state index is 0.0259. The first kappa shape index (κ1) is 20.2. The molecule has 1 unspecified atom stereocenters. The maximum absolute atomic E-state index is 12.2. The van der Waals surface area contributed by atoms with Crippen molar-refractivity contribution in [1.82, 2.24) is 0 Å². The van der Waals surface area contributed by atoms with Crippen molar-refractivity contribution in [3.05, 3.63) is 0 Å². The van der Waals surface area contributed by atoms with E-state index in [9.17, 15) is 9.59 Å². The van der Waals surface area contributed by atoms with Gasteiger partial charge in [-0.1, -0.05) is 58.3 Å². The van der Waals surface area contributed by atoms with Gasteiger partial charge in [0.25, 0.3) is 0 Å². The second-order valence-corrected chi connectivity index (χ2v) is 7.02. The van der Waals surface area contributed by atoms with Gasteiger partial charge >= 0.3 is 5.97 Å². The lowest BCUT2D eigenvalue weighted by Crippen LogP contribution is -2.18. The van der Waals surface area contributed by atoms with Crippen LogP contribution in [0, 0.1) is 5.92 Å². The van der Waals surface area contributed by atoms with E-state index >= 15 is 0 Å². The summed E-state index contributed by atoms with van der Waals surface area (Å²) in [6.45, 7) is 2.69. The van der Waals surface area contributed by atoms with Gasteiger partial charge in [0.05, 0.1) is 12.5 Å². The maximum Gasteiger partial charge on any atom is 0.308 e. The number of Topliss-reactive ketones (excluding diaryl/α,β-unsaturated/α-hetero) is 1. The topological polar surface area (TPSA) is 43.4 Å². The second kappa shape index (κ2) is 13.6. The molecule has 134 valence electrons. The van der Waals surface area contributed by atoms with Gasteiger partial charge < -0.3 is 4.74 Å². The highest BCUT2D eigenvalue weighted by molar-refractivity contribution is 5.78. The zero-order valence-corrected chi connectivity index (χ0v) is 15.1. The Balaban J connectivity index is 2.38. The van der Waals surface area contributed by atoms with Gasteiger partial charge in [0.1, 0.15) is 5.78 Å². The van der Waals surface area contributed by atoms with Crippen molar-refractivity contribution in [3.8, 4) is 0 Å². The van der Waals surface area contributed by atoms with Gasteiger partial charge in [-0.15, -0.1) is 0 Å². The lowest BCUT2D eigenvalue weighted by atomic mass is 9.94. The quantitative estimate of drug-likeness (QED) is 0.499. The Bertz CT molecular complexity index is 325. The first-order valence-electron chi connectivity index (χ1n) is 9.92. The molecule has 0 radical (unpaired) electrons. The van der Waals surface area contributed by atoms with E-state index in [-0.39, 0.29) is 11.9 Å². The Morgan fingerprint density at radius 3 is 2.00 bits per heavy atom. The molecule has 1 rings (SSSR count). The highest BCUT2D eigenvalue weighted by Gasteiger charge is 2.19. The van der Waals surface area contributed by atoms with Crippen molar-refractivity contribution in [2.45, 2.75) is 103 Å². The first-order valence-corrected chi connectivity index (χ1v) is 9.92. The third kappa shape index (κ3) is 10.5. The number of hydrogen-bond donors (Lipinski definition) is 0. The van der Waals surface area contributed by atoms with Crippen LogP contribution in [-0.4, -0.2) is 18.4 Å². The molecule has 1 aliphatic rings. The van der Waals surface area contributed by atoms with Crippen molar-refractivity contribution in [2.75, 3.05) is 6.61 Å². The largest absolute Gasteiger partial charge is 0.465 e. The van der Waals surface area contributed by atoms with Gasteiger partial charge in [-0.05, 0) is 32.1 Å². The molecule has 0 aromatic heterocycles. The summed E-state index contributed by atoms with van der Waals surface area (Å²) in [6, 6.07) is 0. The van der Waals surface area contributed by atoms with E-state index in [0.29, 0.717) is 12.4 Å². The van der Waals surface area contributed by atoms with E-state index in [1.165, 1.54) is 12.8 Å². The second-order valence-electron chi connectivity index (χ2n) is 7.02. The van der Waals surface area contributed by atoms with E-state index in [2.05, 4.69) is 6.92 Å². The highest BCUT2D eigenvalue weighted by atomic mass is 16.5. The standard InChI is InChI=1S/C20H36O3/c1-2-3-17-23-20(22)18-13-9-5-4-6-11-15-19(21)16-12-8-7-10-14-18/h18H,2-17H2,1H3. The molecular weight excluding hydrogens is 288 g/mol. The fraction of sp³-hybridized carbons (Fsp3) is 0.900. The predicted octanol–water partition coefficient (Wildman–Crippen LogP) is 5.60. The Morgan fingerprint density at radius 2 is 1.43 bits per heavy atom. The average Bonchev–Trinajstić information content (AvgIpc) is 2.55. The molecule has 0 spiro atoms. The smallest absolute Gasteiger partial charge is 0.308 e. The third-order valence-corrected chi connectivity index (χ3v) is 4.84. The van der Waals surface area contributed by atoms with Crippen LogP contribution in [0.3, 0.4) is 0 Å². The van der Waals surface area contributed by atoms with Gasteiger partial charge in [-0.2, -0.15) is 0 Å². The van der Waals surface area contributed by atoms with Crippen molar-refractivity contribution in [3.63, 3.8) is 0 Å². The molecule has 3 nitrogen and oxygen atoms in total. The van der Waals surface area contributed by atoms with Crippen molar-refractivity contribution >= 4 is 11.8 Å². The van der Waals surface area contributed by atoms with Gasteiger partial charge in [0.2, 0.25) is 0 Å². The normalized spacial score (nSPS) is 22.8. The van der Waals surface area contributed by atoms with Crippen molar-refractivity contribution < 1.29 is 14.3 Å². The maximum atomic E-state index is 12.2. The first-order chi connectivity index (χ1) is 11.2. The van der Waals surface area contributed by atoms with Crippen LogP contribution in [0.5, 0.6) is 0 Å². The Hall–Kier alpha value is -0.860. The van der Waals surface area contributed by atoms with Crippen LogP contribution >= 0.6 is 0 Å². The minimum absolute atomic E-state index is 0.0259. The number of carbonyl (C=O) groups excluding carboxylic acids is 2. The van der Waals surface area contributed by atoms with E-state index in [4.69, 9.17) is 4.74 Å². The molecule has 3 heteroatoms. The monoisotopic (exact) mass is 324 g/mol. The van der Waals surface area contributed by atoms with Crippen LogP contribution in [0.15, 0.2) is 0 Å². The molecule has 1 saturated carbocycles. The van der Waals surface area contributed by atoms with Crippen molar-refractivity contribution in [2.24, 2.45) is 5.92 Å². The summed E-state index contributed by atoms with van der Waals surface area (Å²) < 4.78 is 5.44. The lowest BCUT2D eigenvalue weighted by Gasteiger charge is -2.16. The molecule has 0 amide bonds. The Kier molecular flexibility index (Phi) is 11.9. The third-order valence-electron chi connectivity index (χ3n) is 4.84. The SMILES string of the molecule is CCCCOC(=O)C1CCCCCCCC(=O)CCCCCC1. The Labute approximate surface area is 142 Å². The highest BCUT2D eigenvalue weighted by Crippen LogP contribution is 2.21. The van der Waals surface area contributed by atoms with Gasteiger partial charge in [0.15, 0.2) is 0 Å². The molecule has 0 saturated heterocycles. The lowest BCUT2D eigenvalue weighted by molar-refractivity contribution is -0.149. The van der Waals surface area contributed by atoms with Crippen LogP contribution in [0.1, 0.15) is 103 Å². The van der Waals surface area contributed by atoms with E-state index in [0.717, 1.165) is 83.5 Å². The summed E-state index contributed by atoms with van der Waals surface area (Å²) in [4.78, 5) is 24.0. The molecular formula is C20H36O3. The molecule has 0 aromatic rings. The zero-order valence-electron chi connectivity index (χ0n) is 15.1. The summed E-state index contributed by atoms with van der Waals surface area (Å²) in [6.07, 6.45) is 15.5. The van der Waals surface area contributed by atoms with Gasteiger partial charge in [-0.3, -0.25) is 9.59 Å². The number of unbranched alkanes of at least 4 members (excludes halogenated alkanes) is 1. The minimum Gasteiger partial charge on any atom is -0.465 e. The van der Waals surface area contributed by atoms with Crippen LogP contribution in [0.2, 0.25) is 0 Å². The number of ketones is 1. The Morgan fingerprint density at radius 1 is 0.913 bits per heavy atom. The average molecular weight is 325 g/mol. The molecule has 1 aliphatic carbocycles. The number of rotatable bonds is 4. The molecule has 0 bridgehead atoms. The number of esters is 1. The molecule has 0 aromatic carbocycles. The van der Waals surface area contributed by atoms with E-state index in [1.807, 2.05) is 0 Å². The summed E-state index contributed by atoms with van der Waals surface area (Å²) in [5.41, 5.74) is 0. The number of hydrogen-bond acceptors (Lipinski definition) is 3.